The van der Waals surface area contributed by atoms with E-state index in [9.17, 15) is 4.39 Å². The Morgan fingerprint density at radius 1 is 1.50 bits per heavy atom. The van der Waals surface area contributed by atoms with E-state index in [2.05, 4.69) is 27.0 Å². The van der Waals surface area contributed by atoms with Gasteiger partial charge in [-0.15, -0.1) is 0 Å². The molecule has 1 saturated heterocycles. The molecule has 1 aromatic rings. The molecule has 2 rings (SSSR count). The van der Waals surface area contributed by atoms with Crippen LogP contribution >= 0.6 is 0 Å². The first-order valence-electron chi connectivity index (χ1n) is 5.91. The van der Waals surface area contributed by atoms with Crippen LogP contribution in [-0.2, 0) is 0 Å². The van der Waals surface area contributed by atoms with Gasteiger partial charge in [-0.3, -0.25) is 4.90 Å². The van der Waals surface area contributed by atoms with E-state index in [1.807, 2.05) is 0 Å². The number of rotatable bonds is 2. The number of nitrogens with zero attached hydrogens (tertiary/aromatic N) is 2. The van der Waals surface area contributed by atoms with Gasteiger partial charge in [-0.1, -0.05) is 11.8 Å². The first-order valence-corrected chi connectivity index (χ1v) is 5.91. The molecule has 2 heterocycles. The zero-order valence-electron chi connectivity index (χ0n) is 10.4. The standard InChI is InChI=1S/C13H16FN3O/c1-18-13-12(14)11(4-5-16-13)3-2-8-17-9-6-15-7-10-17/h4-5,15H,6-10H2,1H3. The van der Waals surface area contributed by atoms with Crippen molar-refractivity contribution in [2.75, 3.05) is 39.8 Å². The van der Waals surface area contributed by atoms with Crippen molar-refractivity contribution in [1.29, 1.82) is 0 Å². The molecule has 1 aliphatic rings. The highest BCUT2D eigenvalue weighted by atomic mass is 19.1. The summed E-state index contributed by atoms with van der Waals surface area (Å²) in [6.45, 7) is 4.59. The molecular formula is C13H16FN3O. The van der Waals surface area contributed by atoms with Gasteiger partial charge in [0.25, 0.3) is 5.88 Å². The van der Waals surface area contributed by atoms with Gasteiger partial charge in [0, 0.05) is 32.4 Å². The molecule has 0 spiro atoms. The van der Waals surface area contributed by atoms with Gasteiger partial charge in [0.1, 0.15) is 0 Å². The Bertz CT molecular complexity index is 461. The normalized spacial score (nSPS) is 15.9. The van der Waals surface area contributed by atoms with Gasteiger partial charge >= 0.3 is 0 Å². The van der Waals surface area contributed by atoms with Gasteiger partial charge < -0.3 is 10.1 Å². The largest absolute Gasteiger partial charge is 0.479 e. The van der Waals surface area contributed by atoms with Crippen LogP contribution in [0.1, 0.15) is 5.56 Å². The number of methoxy groups -OCH3 is 1. The van der Waals surface area contributed by atoms with Gasteiger partial charge in [-0.05, 0) is 6.07 Å². The molecule has 1 fully saturated rings. The lowest BCUT2D eigenvalue weighted by Gasteiger charge is -2.24. The summed E-state index contributed by atoms with van der Waals surface area (Å²) in [5.74, 6) is 5.31. The Morgan fingerprint density at radius 3 is 3.00 bits per heavy atom. The van der Waals surface area contributed by atoms with Crippen molar-refractivity contribution < 1.29 is 9.13 Å². The molecule has 0 unspecified atom stereocenters. The zero-order chi connectivity index (χ0) is 12.8. The highest BCUT2D eigenvalue weighted by Crippen LogP contribution is 2.15. The molecule has 1 aliphatic heterocycles. The molecule has 1 aromatic heterocycles. The summed E-state index contributed by atoms with van der Waals surface area (Å²) < 4.78 is 18.5. The summed E-state index contributed by atoms with van der Waals surface area (Å²) in [5, 5.41) is 3.27. The lowest BCUT2D eigenvalue weighted by atomic mass is 10.2. The van der Waals surface area contributed by atoms with Crippen molar-refractivity contribution in [3.8, 4) is 17.7 Å². The Labute approximate surface area is 106 Å². The molecule has 0 saturated carbocycles. The van der Waals surface area contributed by atoms with E-state index in [0.29, 0.717) is 12.1 Å². The van der Waals surface area contributed by atoms with Crippen LogP contribution in [-0.4, -0.2) is 49.7 Å². The van der Waals surface area contributed by atoms with Gasteiger partial charge in [0.05, 0.1) is 19.2 Å². The van der Waals surface area contributed by atoms with Crippen molar-refractivity contribution >= 4 is 0 Å². The summed E-state index contributed by atoms with van der Waals surface area (Å²) in [6.07, 6.45) is 1.50. The van der Waals surface area contributed by atoms with Crippen LogP contribution < -0.4 is 10.1 Å². The predicted molar refractivity (Wildman–Crippen MR) is 66.9 cm³/mol. The molecule has 0 aliphatic carbocycles. The average molecular weight is 249 g/mol. The lowest BCUT2D eigenvalue weighted by molar-refractivity contribution is 0.268. The monoisotopic (exact) mass is 249 g/mol. The number of nitrogens with one attached hydrogen (secondary N) is 1. The third-order valence-corrected chi connectivity index (χ3v) is 2.79. The molecule has 18 heavy (non-hydrogen) atoms. The van der Waals surface area contributed by atoms with Crippen LogP contribution in [0.5, 0.6) is 5.88 Å². The summed E-state index contributed by atoms with van der Waals surface area (Å²) in [4.78, 5) is 6.01. The number of pyridine rings is 1. The molecule has 0 radical (unpaired) electrons. The topological polar surface area (TPSA) is 37.4 Å². The number of hydrogen-bond acceptors (Lipinski definition) is 4. The number of aromatic nitrogens is 1. The van der Waals surface area contributed by atoms with Gasteiger partial charge in [0.2, 0.25) is 5.82 Å². The minimum atomic E-state index is -0.493. The van der Waals surface area contributed by atoms with Gasteiger partial charge in [0.15, 0.2) is 0 Å². The molecule has 0 atom stereocenters. The van der Waals surface area contributed by atoms with E-state index in [4.69, 9.17) is 4.74 Å². The SMILES string of the molecule is COc1nccc(C#CCN2CCNCC2)c1F. The third-order valence-electron chi connectivity index (χ3n) is 2.79. The van der Waals surface area contributed by atoms with Crippen molar-refractivity contribution in [3.05, 3.63) is 23.6 Å². The first kappa shape index (κ1) is 12.8. The van der Waals surface area contributed by atoms with E-state index < -0.39 is 5.82 Å². The van der Waals surface area contributed by atoms with E-state index in [-0.39, 0.29) is 5.88 Å². The smallest absolute Gasteiger partial charge is 0.251 e. The Hall–Kier alpha value is -1.64. The van der Waals surface area contributed by atoms with Crippen molar-refractivity contribution in [3.63, 3.8) is 0 Å². The maximum absolute atomic E-state index is 13.7. The molecule has 4 nitrogen and oxygen atoms in total. The molecule has 1 N–H and O–H groups in total. The fourth-order valence-corrected chi connectivity index (χ4v) is 1.78. The molecule has 0 amide bonds. The zero-order valence-corrected chi connectivity index (χ0v) is 10.4. The highest BCUT2D eigenvalue weighted by Gasteiger charge is 2.08. The molecular weight excluding hydrogens is 233 g/mol. The van der Waals surface area contributed by atoms with E-state index in [0.717, 1.165) is 26.2 Å². The van der Waals surface area contributed by atoms with Crippen LogP contribution in [0.15, 0.2) is 12.3 Å². The van der Waals surface area contributed by atoms with Gasteiger partial charge in [-0.2, -0.15) is 4.39 Å². The van der Waals surface area contributed by atoms with Crippen LogP contribution in [0.4, 0.5) is 4.39 Å². The van der Waals surface area contributed by atoms with Crippen LogP contribution in [0.25, 0.3) is 0 Å². The second kappa shape index (κ2) is 6.34. The highest BCUT2D eigenvalue weighted by molar-refractivity contribution is 5.38. The van der Waals surface area contributed by atoms with Crippen molar-refractivity contribution in [1.82, 2.24) is 15.2 Å². The minimum Gasteiger partial charge on any atom is -0.479 e. The molecule has 0 bridgehead atoms. The fourth-order valence-electron chi connectivity index (χ4n) is 1.78. The summed E-state index contributed by atoms with van der Waals surface area (Å²) in [5.41, 5.74) is 0.331. The number of hydrogen-bond donors (Lipinski definition) is 1. The molecule has 96 valence electrons. The second-order valence-corrected chi connectivity index (χ2v) is 4.01. The predicted octanol–water partition coefficient (Wildman–Crippen LogP) is 0.486. The van der Waals surface area contributed by atoms with E-state index in [1.54, 1.807) is 6.07 Å². The third kappa shape index (κ3) is 3.19. The Balaban J connectivity index is 2.00. The molecule has 0 aromatic carbocycles. The number of halogens is 1. The van der Waals surface area contributed by atoms with Crippen LogP contribution in [0, 0.1) is 17.7 Å². The van der Waals surface area contributed by atoms with E-state index in [1.165, 1.54) is 13.3 Å². The fraction of sp³-hybridized carbons (Fsp3) is 0.462. The van der Waals surface area contributed by atoms with Crippen molar-refractivity contribution in [2.24, 2.45) is 0 Å². The first-order chi connectivity index (χ1) is 8.81. The minimum absolute atomic E-state index is 0.0102. The lowest BCUT2D eigenvalue weighted by Crippen LogP contribution is -2.43. The second-order valence-electron chi connectivity index (χ2n) is 4.01. The Morgan fingerprint density at radius 2 is 2.28 bits per heavy atom. The van der Waals surface area contributed by atoms with Gasteiger partial charge in [-0.25, -0.2) is 4.98 Å². The van der Waals surface area contributed by atoms with Crippen LogP contribution in [0.3, 0.4) is 0 Å². The average Bonchev–Trinajstić information content (AvgIpc) is 2.42. The summed E-state index contributed by atoms with van der Waals surface area (Å²) in [7, 11) is 1.39. The number of piperazine rings is 1. The molecule has 5 heteroatoms. The van der Waals surface area contributed by atoms with E-state index >= 15 is 0 Å². The maximum Gasteiger partial charge on any atom is 0.251 e. The number of ether oxygens (including phenoxy) is 1. The Kier molecular flexibility index (Phi) is 4.51. The van der Waals surface area contributed by atoms with Crippen LogP contribution in [0.2, 0.25) is 0 Å². The summed E-state index contributed by atoms with van der Waals surface area (Å²) >= 11 is 0. The maximum atomic E-state index is 13.7. The summed E-state index contributed by atoms with van der Waals surface area (Å²) in [6, 6.07) is 1.56. The quantitative estimate of drug-likeness (QED) is 0.774. The van der Waals surface area contributed by atoms with Crippen molar-refractivity contribution in [2.45, 2.75) is 0 Å².